The van der Waals surface area contributed by atoms with Crippen molar-refractivity contribution in [3.05, 3.63) is 0 Å². The molecule has 0 aromatic carbocycles. The molecule has 3 N–H and O–H groups in total. The van der Waals surface area contributed by atoms with E-state index in [-0.39, 0.29) is 24.4 Å². The van der Waals surface area contributed by atoms with Crippen LogP contribution in [0.25, 0.3) is 0 Å². The largest absolute Gasteiger partial charge is 0.481 e. The quantitative estimate of drug-likeness (QED) is 0.725. The molecule has 16 heavy (non-hydrogen) atoms. The molecule has 1 rings (SSSR count). The second-order valence-electron chi connectivity index (χ2n) is 4.03. The van der Waals surface area contributed by atoms with Gasteiger partial charge in [0.2, 0.25) is 0 Å². The van der Waals surface area contributed by atoms with Crippen LogP contribution in [0.5, 0.6) is 0 Å². The van der Waals surface area contributed by atoms with Crippen molar-refractivity contribution in [3.8, 4) is 0 Å². The number of carbonyl (C=O) groups is 2. The average molecular weight is 230 g/mol. The predicted octanol–water partition coefficient (Wildman–Crippen LogP) is 0.265. The van der Waals surface area contributed by atoms with Crippen molar-refractivity contribution in [2.45, 2.75) is 31.8 Å². The smallest absolute Gasteiger partial charge is 0.409 e. The number of nitrogens with zero attached hydrogens (tertiary/aromatic N) is 1. The highest BCUT2D eigenvalue weighted by Crippen LogP contribution is 2.27. The minimum absolute atomic E-state index is 0.00877. The van der Waals surface area contributed by atoms with E-state index in [4.69, 9.17) is 10.8 Å². The van der Waals surface area contributed by atoms with Crippen LogP contribution in [0.4, 0.5) is 4.79 Å². The maximum atomic E-state index is 11.5. The summed E-state index contributed by atoms with van der Waals surface area (Å²) in [7, 11) is 1.31. The van der Waals surface area contributed by atoms with Crippen LogP contribution in [-0.4, -0.2) is 47.8 Å². The zero-order chi connectivity index (χ0) is 12.3. The number of rotatable bonds is 3. The average Bonchev–Trinajstić information content (AvgIpc) is 2.54. The molecule has 0 aromatic heterocycles. The standard InChI is InChI=1S/C10H18N2O4/c1-3-7-9(11)6(4-8(13)14)5-12(7)10(15)16-2/h6-7,9H,3-5,11H2,1-2H3,(H,13,14). The van der Waals surface area contributed by atoms with Crippen molar-refractivity contribution in [3.63, 3.8) is 0 Å². The summed E-state index contributed by atoms with van der Waals surface area (Å²) in [5, 5.41) is 8.74. The van der Waals surface area contributed by atoms with E-state index in [1.807, 2.05) is 6.92 Å². The molecule has 3 unspecified atom stereocenters. The summed E-state index contributed by atoms with van der Waals surface area (Å²) in [5.41, 5.74) is 5.95. The molecule has 0 radical (unpaired) electrons. The topological polar surface area (TPSA) is 92.9 Å². The molecule has 6 heteroatoms. The molecule has 1 heterocycles. The Morgan fingerprint density at radius 1 is 1.56 bits per heavy atom. The summed E-state index contributed by atoms with van der Waals surface area (Å²) >= 11 is 0. The molecule has 0 spiro atoms. The minimum atomic E-state index is -0.887. The lowest BCUT2D eigenvalue weighted by molar-refractivity contribution is -0.138. The third-order valence-corrected chi connectivity index (χ3v) is 3.08. The molecule has 3 atom stereocenters. The van der Waals surface area contributed by atoms with Crippen molar-refractivity contribution >= 4 is 12.1 Å². The van der Waals surface area contributed by atoms with Gasteiger partial charge >= 0.3 is 12.1 Å². The predicted molar refractivity (Wildman–Crippen MR) is 56.9 cm³/mol. The second-order valence-corrected chi connectivity index (χ2v) is 4.03. The van der Waals surface area contributed by atoms with E-state index in [0.717, 1.165) is 0 Å². The van der Waals surface area contributed by atoms with Crippen molar-refractivity contribution in [1.29, 1.82) is 0 Å². The minimum Gasteiger partial charge on any atom is -0.481 e. The molecular formula is C10H18N2O4. The molecule has 6 nitrogen and oxygen atoms in total. The Labute approximate surface area is 94.3 Å². The molecule has 1 aliphatic heterocycles. The summed E-state index contributed by atoms with van der Waals surface area (Å²) in [6.07, 6.45) is 0.257. The lowest BCUT2D eigenvalue weighted by Gasteiger charge is -2.24. The van der Waals surface area contributed by atoms with Gasteiger partial charge in [-0.1, -0.05) is 6.92 Å². The molecule has 0 saturated carbocycles. The number of carbonyl (C=O) groups excluding carboxylic acids is 1. The van der Waals surface area contributed by atoms with Gasteiger partial charge in [0.15, 0.2) is 0 Å². The van der Waals surface area contributed by atoms with Gasteiger partial charge in [0.05, 0.1) is 19.6 Å². The van der Waals surface area contributed by atoms with Crippen LogP contribution in [0.15, 0.2) is 0 Å². The van der Waals surface area contributed by atoms with Crippen LogP contribution in [0.1, 0.15) is 19.8 Å². The maximum Gasteiger partial charge on any atom is 0.409 e. The first-order chi connectivity index (χ1) is 7.51. The molecule has 0 aromatic rings. The van der Waals surface area contributed by atoms with Gasteiger partial charge in [-0.15, -0.1) is 0 Å². The molecule has 1 aliphatic rings. The summed E-state index contributed by atoms with van der Waals surface area (Å²) in [5.74, 6) is -1.08. The van der Waals surface area contributed by atoms with E-state index >= 15 is 0 Å². The number of methoxy groups -OCH3 is 1. The van der Waals surface area contributed by atoms with Gasteiger partial charge in [0.1, 0.15) is 0 Å². The second kappa shape index (κ2) is 5.16. The Balaban J connectivity index is 2.74. The number of amides is 1. The van der Waals surface area contributed by atoms with Gasteiger partial charge in [0, 0.05) is 18.5 Å². The number of carboxylic acids is 1. The monoisotopic (exact) mass is 230 g/mol. The van der Waals surface area contributed by atoms with E-state index in [1.54, 1.807) is 0 Å². The van der Waals surface area contributed by atoms with E-state index in [1.165, 1.54) is 12.0 Å². The van der Waals surface area contributed by atoms with Gasteiger partial charge in [0.25, 0.3) is 0 Å². The molecule has 1 amide bonds. The van der Waals surface area contributed by atoms with Crippen LogP contribution in [0.2, 0.25) is 0 Å². The fourth-order valence-electron chi connectivity index (χ4n) is 2.28. The normalized spacial score (nSPS) is 29.2. The van der Waals surface area contributed by atoms with Crippen molar-refractivity contribution in [1.82, 2.24) is 4.90 Å². The molecule has 0 bridgehead atoms. The van der Waals surface area contributed by atoms with E-state index in [2.05, 4.69) is 4.74 Å². The number of likely N-dealkylation sites (tertiary alicyclic amines) is 1. The number of nitrogens with two attached hydrogens (primary N) is 1. The molecular weight excluding hydrogens is 212 g/mol. The highest BCUT2D eigenvalue weighted by molar-refractivity contribution is 5.70. The number of hydrogen-bond donors (Lipinski definition) is 2. The van der Waals surface area contributed by atoms with Crippen LogP contribution in [0, 0.1) is 5.92 Å². The van der Waals surface area contributed by atoms with Gasteiger partial charge in [-0.2, -0.15) is 0 Å². The highest BCUT2D eigenvalue weighted by atomic mass is 16.5. The zero-order valence-electron chi connectivity index (χ0n) is 9.55. The Bertz CT molecular complexity index is 282. The van der Waals surface area contributed by atoms with Crippen molar-refractivity contribution < 1.29 is 19.4 Å². The Morgan fingerprint density at radius 3 is 2.62 bits per heavy atom. The fraction of sp³-hybridized carbons (Fsp3) is 0.800. The third-order valence-electron chi connectivity index (χ3n) is 3.08. The first-order valence-corrected chi connectivity index (χ1v) is 5.33. The van der Waals surface area contributed by atoms with Crippen LogP contribution < -0.4 is 5.73 Å². The number of hydrogen-bond acceptors (Lipinski definition) is 4. The maximum absolute atomic E-state index is 11.5. The van der Waals surface area contributed by atoms with Crippen LogP contribution >= 0.6 is 0 Å². The molecule has 1 saturated heterocycles. The first-order valence-electron chi connectivity index (χ1n) is 5.33. The third kappa shape index (κ3) is 2.44. The van der Waals surface area contributed by atoms with Crippen LogP contribution in [0.3, 0.4) is 0 Å². The molecule has 0 aliphatic carbocycles. The summed E-state index contributed by atoms with van der Waals surface area (Å²) in [6, 6.07) is -0.419. The zero-order valence-corrected chi connectivity index (χ0v) is 9.55. The van der Waals surface area contributed by atoms with E-state index < -0.39 is 12.1 Å². The lowest BCUT2D eigenvalue weighted by Crippen LogP contribution is -2.42. The number of carboxylic acid groups (broad SMARTS) is 1. The Morgan fingerprint density at radius 2 is 2.19 bits per heavy atom. The number of aliphatic carboxylic acids is 1. The molecule has 92 valence electrons. The lowest BCUT2D eigenvalue weighted by atomic mass is 9.95. The summed E-state index contributed by atoms with van der Waals surface area (Å²) in [6.45, 7) is 2.28. The fourth-order valence-corrected chi connectivity index (χ4v) is 2.28. The van der Waals surface area contributed by atoms with Crippen LogP contribution in [-0.2, 0) is 9.53 Å². The van der Waals surface area contributed by atoms with Crippen molar-refractivity contribution in [2.75, 3.05) is 13.7 Å². The Hall–Kier alpha value is -1.30. The highest BCUT2D eigenvalue weighted by Gasteiger charge is 2.42. The van der Waals surface area contributed by atoms with Gasteiger partial charge in [-0.25, -0.2) is 4.79 Å². The van der Waals surface area contributed by atoms with Crippen molar-refractivity contribution in [2.24, 2.45) is 11.7 Å². The first kappa shape index (κ1) is 12.8. The van der Waals surface area contributed by atoms with E-state index in [0.29, 0.717) is 13.0 Å². The molecule has 1 fully saturated rings. The number of ether oxygens (including phenoxy) is 1. The van der Waals surface area contributed by atoms with E-state index in [9.17, 15) is 9.59 Å². The van der Waals surface area contributed by atoms with Gasteiger partial charge < -0.3 is 20.5 Å². The summed E-state index contributed by atoms with van der Waals surface area (Å²) in [4.78, 5) is 23.6. The Kier molecular flexibility index (Phi) is 4.12. The summed E-state index contributed by atoms with van der Waals surface area (Å²) < 4.78 is 4.65. The van der Waals surface area contributed by atoms with Gasteiger partial charge in [-0.3, -0.25) is 4.79 Å². The SMILES string of the molecule is CCC1C(N)C(CC(=O)O)CN1C(=O)OC. The van der Waals surface area contributed by atoms with Gasteiger partial charge in [-0.05, 0) is 6.42 Å².